The van der Waals surface area contributed by atoms with Gasteiger partial charge in [0.25, 0.3) is 0 Å². The minimum Gasteiger partial charge on any atom is -0.380 e. The van der Waals surface area contributed by atoms with Crippen LogP contribution in [-0.2, 0) is 27.8 Å². The summed E-state index contributed by atoms with van der Waals surface area (Å²) in [4.78, 5) is 40.9. The van der Waals surface area contributed by atoms with Gasteiger partial charge in [-0.25, -0.2) is 4.57 Å². The van der Waals surface area contributed by atoms with Crippen molar-refractivity contribution in [2.45, 2.75) is 43.3 Å². The van der Waals surface area contributed by atoms with Crippen molar-refractivity contribution in [1.29, 1.82) is 0 Å². The van der Waals surface area contributed by atoms with E-state index >= 15 is 0 Å². The minimum atomic E-state index is -5.43. The van der Waals surface area contributed by atoms with Gasteiger partial charge < -0.3 is 18.8 Å². The summed E-state index contributed by atoms with van der Waals surface area (Å²) in [7, 11) is -10.6. The van der Waals surface area contributed by atoms with Crippen molar-refractivity contribution in [1.82, 2.24) is 0 Å². The van der Waals surface area contributed by atoms with Crippen molar-refractivity contribution in [3.63, 3.8) is 0 Å². The lowest BCUT2D eigenvalue weighted by atomic mass is 10.4. The number of carbonyl (C=O) groups excluding carboxylic acids is 2. The number of alkyl halides is 2. The molecule has 0 radical (unpaired) electrons. The third-order valence-corrected chi connectivity index (χ3v) is 8.36. The van der Waals surface area contributed by atoms with E-state index in [2.05, 4.69) is 9.05 Å². The van der Waals surface area contributed by atoms with E-state index in [9.17, 15) is 18.7 Å². The van der Waals surface area contributed by atoms with Gasteiger partial charge in [-0.3, -0.25) is 14.2 Å². The van der Waals surface area contributed by atoms with E-state index in [1.165, 1.54) is 0 Å². The monoisotopic (exact) mass is 384 g/mol. The first-order valence-electron chi connectivity index (χ1n) is 5.89. The molecule has 0 unspecified atom stereocenters. The Labute approximate surface area is 131 Å². The highest BCUT2D eigenvalue weighted by molar-refractivity contribution is 7.79. The molecule has 0 heterocycles. The number of carbonyl (C=O) groups is 2. The van der Waals surface area contributed by atoms with Gasteiger partial charge in [0.2, 0.25) is 0 Å². The van der Waals surface area contributed by atoms with E-state index in [0.29, 0.717) is 12.8 Å². The van der Waals surface area contributed by atoms with Crippen molar-refractivity contribution in [3.05, 3.63) is 0 Å². The second kappa shape index (κ2) is 7.95. The molecule has 21 heavy (non-hydrogen) atoms. The summed E-state index contributed by atoms with van der Waals surface area (Å²) in [6.07, 6.45) is 0.158. The van der Waals surface area contributed by atoms with Crippen LogP contribution in [0.15, 0.2) is 0 Å². The lowest BCUT2D eigenvalue weighted by Gasteiger charge is -2.27. The zero-order chi connectivity index (χ0) is 16.9. The first-order chi connectivity index (χ1) is 9.41. The summed E-state index contributed by atoms with van der Waals surface area (Å²) in [6.45, 7) is 3.21. The smallest absolute Gasteiger partial charge is 0.380 e. The second-order valence-corrected chi connectivity index (χ2v) is 10.5. The Balaban J connectivity index is 5.56. The van der Waals surface area contributed by atoms with Crippen molar-refractivity contribution in [3.8, 4) is 0 Å². The Morgan fingerprint density at radius 3 is 1.57 bits per heavy atom. The number of rotatable bonds is 8. The Kier molecular flexibility index (Phi) is 7.91. The molecule has 0 aliphatic carbocycles. The van der Waals surface area contributed by atoms with E-state index in [0.717, 1.165) is 0 Å². The maximum absolute atomic E-state index is 12.4. The Bertz CT molecular complexity index is 462. The van der Waals surface area contributed by atoms with Gasteiger partial charge in [-0.2, -0.15) is 0 Å². The molecule has 2 N–H and O–H groups in total. The van der Waals surface area contributed by atoms with Crippen LogP contribution < -0.4 is 0 Å². The van der Waals surface area contributed by atoms with Crippen LogP contribution in [0.4, 0.5) is 0 Å². The quantitative estimate of drug-likeness (QED) is 0.482. The van der Waals surface area contributed by atoms with E-state index in [4.69, 9.17) is 33.0 Å². The number of hydrogen-bond acceptors (Lipinski definition) is 6. The zero-order valence-electron chi connectivity index (χ0n) is 11.3. The van der Waals surface area contributed by atoms with Crippen LogP contribution in [0, 0.1) is 0 Å². The predicted molar refractivity (Wildman–Crippen MR) is 76.1 cm³/mol. The molecule has 0 aliphatic heterocycles. The molecule has 0 fully saturated rings. The average Bonchev–Trinajstić information content (AvgIpc) is 2.27. The Morgan fingerprint density at radius 1 is 1.00 bits per heavy atom. The van der Waals surface area contributed by atoms with E-state index in [1.807, 2.05) is 0 Å². The lowest BCUT2D eigenvalue weighted by molar-refractivity contribution is -0.138. The van der Waals surface area contributed by atoms with Crippen LogP contribution in [0.5, 0.6) is 0 Å². The van der Waals surface area contributed by atoms with Crippen LogP contribution in [0.3, 0.4) is 0 Å². The third-order valence-electron chi connectivity index (χ3n) is 2.03. The number of hydrogen-bond donors (Lipinski definition) is 2. The van der Waals surface area contributed by atoms with Gasteiger partial charge >= 0.3 is 30.9 Å². The van der Waals surface area contributed by atoms with Gasteiger partial charge in [0.1, 0.15) is 0 Å². The van der Waals surface area contributed by atoms with Crippen molar-refractivity contribution >= 4 is 50.3 Å². The molecular weight excluding hydrogens is 369 g/mol. The molecule has 0 saturated heterocycles. The second-order valence-electron chi connectivity index (χ2n) is 3.98. The maximum Gasteiger partial charge on any atom is 0.483 e. The molecule has 8 nitrogen and oxygen atoms in total. The molecule has 0 bridgehead atoms. The molecule has 12 heteroatoms. The zero-order valence-corrected chi connectivity index (χ0v) is 14.6. The van der Waals surface area contributed by atoms with Crippen LogP contribution >= 0.6 is 38.4 Å². The molecule has 0 aliphatic rings. The van der Waals surface area contributed by atoms with Gasteiger partial charge in [0, 0.05) is 12.8 Å². The SMILES string of the molecule is CCCC(=O)OP(=O)(OC(=O)CCC)C(Cl)(Cl)P(=O)(O)O. The molecule has 0 saturated carbocycles. The molecule has 0 spiro atoms. The van der Waals surface area contributed by atoms with Crippen LogP contribution in [0.25, 0.3) is 0 Å². The van der Waals surface area contributed by atoms with Gasteiger partial charge in [0.05, 0.1) is 0 Å². The first-order valence-corrected chi connectivity index (χ1v) is 9.80. The molecule has 124 valence electrons. The largest absolute Gasteiger partial charge is 0.483 e. The Hall–Kier alpha value is -0.100. The predicted octanol–water partition coefficient (Wildman–Crippen LogP) is 3.13. The Morgan fingerprint density at radius 2 is 1.33 bits per heavy atom. The summed E-state index contributed by atoms with van der Waals surface area (Å²) in [5.41, 5.74) is 0. The maximum atomic E-state index is 12.4. The van der Waals surface area contributed by atoms with Crippen molar-refractivity contribution in [2.24, 2.45) is 0 Å². The molecule has 0 rings (SSSR count). The average molecular weight is 385 g/mol. The highest BCUT2D eigenvalue weighted by atomic mass is 35.5. The van der Waals surface area contributed by atoms with E-state index in [1.54, 1.807) is 13.8 Å². The highest BCUT2D eigenvalue weighted by Crippen LogP contribution is 2.78. The summed E-state index contributed by atoms with van der Waals surface area (Å²) < 4.78 is 29.1. The first kappa shape index (κ1) is 20.9. The van der Waals surface area contributed by atoms with Crippen LogP contribution in [-0.4, -0.2) is 25.5 Å². The van der Waals surface area contributed by atoms with Crippen molar-refractivity contribution in [2.75, 3.05) is 0 Å². The summed E-state index contributed by atoms with van der Waals surface area (Å²) in [5, 5.41) is 0. The standard InChI is InChI=1S/C9H16Cl2O8P2/c1-3-5-7(12)18-21(17,19-8(13)6-4-2)9(10,11)20(14,15)16/h3-6H2,1-2H3,(H2,14,15,16). The summed E-state index contributed by atoms with van der Waals surface area (Å²) >= 11 is 10.8. The topological polar surface area (TPSA) is 127 Å². The molecule has 0 aromatic carbocycles. The van der Waals surface area contributed by atoms with Gasteiger partial charge in [-0.15, -0.1) is 0 Å². The number of halogens is 2. The molecule has 0 aromatic heterocycles. The van der Waals surface area contributed by atoms with Crippen LogP contribution in [0.2, 0.25) is 0 Å². The summed E-state index contributed by atoms with van der Waals surface area (Å²) in [5.74, 6) is -2.21. The summed E-state index contributed by atoms with van der Waals surface area (Å²) in [6, 6.07) is 0. The van der Waals surface area contributed by atoms with E-state index in [-0.39, 0.29) is 12.8 Å². The minimum absolute atomic E-state index is 0.222. The lowest BCUT2D eigenvalue weighted by Crippen LogP contribution is -2.22. The molecule has 0 atom stereocenters. The normalized spacial score (nSPS) is 12.9. The fraction of sp³-hybridized carbons (Fsp3) is 0.778. The van der Waals surface area contributed by atoms with E-state index < -0.39 is 30.9 Å². The van der Waals surface area contributed by atoms with Gasteiger partial charge in [-0.1, -0.05) is 37.0 Å². The fourth-order valence-electron chi connectivity index (χ4n) is 1.06. The molecule has 0 aromatic rings. The third kappa shape index (κ3) is 5.55. The van der Waals surface area contributed by atoms with Crippen molar-refractivity contribution < 1.29 is 37.6 Å². The highest BCUT2D eigenvalue weighted by Gasteiger charge is 2.65. The molecule has 0 amide bonds. The van der Waals surface area contributed by atoms with Gasteiger partial charge in [0.15, 0.2) is 0 Å². The van der Waals surface area contributed by atoms with Gasteiger partial charge in [-0.05, 0) is 12.8 Å². The fourth-order valence-corrected chi connectivity index (χ4v) is 3.97. The van der Waals surface area contributed by atoms with Crippen LogP contribution in [0.1, 0.15) is 39.5 Å². The molecular formula is C9H16Cl2O8P2.